The molecule has 1 aliphatic heterocycles. The highest BCUT2D eigenvalue weighted by atomic mass is 16.5. The first-order valence-corrected chi connectivity index (χ1v) is 10.1. The Balaban J connectivity index is 1.94. The van der Waals surface area contributed by atoms with Crippen molar-refractivity contribution in [3.05, 3.63) is 34.6 Å². The van der Waals surface area contributed by atoms with Crippen molar-refractivity contribution < 1.29 is 18.7 Å². The number of hydrogen-bond donors (Lipinski definition) is 0. The smallest absolute Gasteiger partial charge is 0.246 e. The Morgan fingerprint density at radius 3 is 2.28 bits per heavy atom. The second-order valence-electron chi connectivity index (χ2n) is 7.63. The van der Waals surface area contributed by atoms with Gasteiger partial charge in [0.25, 0.3) is 0 Å². The normalized spacial score (nSPS) is 15.2. The second-order valence-corrected chi connectivity index (χ2v) is 7.63. The Kier molecular flexibility index (Phi) is 6.01. The first kappa shape index (κ1) is 21.0. The molecular weight excluding hydrogens is 368 g/mol. The van der Waals surface area contributed by atoms with Crippen LogP contribution in [0, 0.1) is 20.8 Å². The summed E-state index contributed by atoms with van der Waals surface area (Å²) in [5.74, 6) is 1.67. The van der Waals surface area contributed by atoms with E-state index in [-0.39, 0.29) is 11.8 Å². The molecule has 0 radical (unpaired) electrons. The summed E-state index contributed by atoms with van der Waals surface area (Å²) in [6.07, 6.45) is 1.68. The Morgan fingerprint density at radius 1 is 1.07 bits per heavy atom. The number of carbonyl (C=O) groups excluding carboxylic acids is 2. The van der Waals surface area contributed by atoms with Crippen LogP contribution >= 0.6 is 0 Å². The largest absolute Gasteiger partial charge is 0.493 e. The summed E-state index contributed by atoms with van der Waals surface area (Å²) in [6, 6.07) is 2.06. The van der Waals surface area contributed by atoms with E-state index in [4.69, 9.17) is 9.15 Å². The van der Waals surface area contributed by atoms with E-state index in [0.717, 1.165) is 44.7 Å². The molecule has 6 heteroatoms. The molecule has 0 spiro atoms. The molecule has 1 aliphatic rings. The van der Waals surface area contributed by atoms with Gasteiger partial charge in [0.1, 0.15) is 17.1 Å². The van der Waals surface area contributed by atoms with E-state index in [1.54, 1.807) is 22.8 Å². The third kappa shape index (κ3) is 4.02. The summed E-state index contributed by atoms with van der Waals surface area (Å²) in [7, 11) is 0. The fraction of sp³-hybridized carbons (Fsp3) is 0.478. The SMILES string of the molecule is CCOc1c(/C(C)=C/C(=O)N2CCN(C(C)=O)CC2)cc2c(C)c(C)oc2c1C. The van der Waals surface area contributed by atoms with Gasteiger partial charge in [-0.15, -0.1) is 0 Å². The highest BCUT2D eigenvalue weighted by Crippen LogP contribution is 2.38. The molecule has 1 saturated heterocycles. The zero-order chi connectivity index (χ0) is 21.3. The number of nitrogens with zero attached hydrogens (tertiary/aromatic N) is 2. The lowest BCUT2D eigenvalue weighted by Gasteiger charge is -2.33. The topological polar surface area (TPSA) is 63.0 Å². The van der Waals surface area contributed by atoms with Gasteiger partial charge in [-0.25, -0.2) is 0 Å². The van der Waals surface area contributed by atoms with Crippen molar-refractivity contribution in [2.24, 2.45) is 0 Å². The zero-order valence-corrected chi connectivity index (χ0v) is 18.2. The molecule has 0 atom stereocenters. The molecule has 1 aromatic heterocycles. The van der Waals surface area contributed by atoms with Gasteiger partial charge in [-0.2, -0.15) is 0 Å². The van der Waals surface area contributed by atoms with E-state index >= 15 is 0 Å². The average Bonchev–Trinajstić information content (AvgIpc) is 2.98. The number of allylic oxidation sites excluding steroid dienone is 1. The molecule has 1 fully saturated rings. The molecule has 2 amide bonds. The lowest BCUT2D eigenvalue weighted by Crippen LogP contribution is -2.49. The number of furan rings is 1. The van der Waals surface area contributed by atoms with Gasteiger partial charge in [-0.1, -0.05) is 0 Å². The van der Waals surface area contributed by atoms with Crippen LogP contribution in [0.3, 0.4) is 0 Å². The number of aryl methyl sites for hydroxylation is 3. The molecule has 0 aliphatic carbocycles. The molecule has 0 saturated carbocycles. The summed E-state index contributed by atoms with van der Waals surface area (Å²) in [5.41, 5.74) is 4.66. The summed E-state index contributed by atoms with van der Waals surface area (Å²) >= 11 is 0. The predicted octanol–water partition coefficient (Wildman–Crippen LogP) is 3.85. The van der Waals surface area contributed by atoms with Crippen molar-refractivity contribution in [3.8, 4) is 5.75 Å². The van der Waals surface area contributed by atoms with Gasteiger partial charge in [0, 0.05) is 55.7 Å². The number of amides is 2. The fourth-order valence-corrected chi connectivity index (χ4v) is 3.83. The van der Waals surface area contributed by atoms with Crippen LogP contribution in [-0.4, -0.2) is 54.4 Å². The molecule has 2 heterocycles. The number of ether oxygens (including phenoxy) is 1. The van der Waals surface area contributed by atoms with Crippen LogP contribution in [0.5, 0.6) is 5.75 Å². The van der Waals surface area contributed by atoms with Crippen LogP contribution in [0.25, 0.3) is 16.5 Å². The van der Waals surface area contributed by atoms with Crippen molar-refractivity contribution >= 4 is 28.4 Å². The molecule has 29 heavy (non-hydrogen) atoms. The van der Waals surface area contributed by atoms with Gasteiger partial charge >= 0.3 is 0 Å². The number of benzene rings is 1. The van der Waals surface area contributed by atoms with Crippen LogP contribution in [0.4, 0.5) is 0 Å². The van der Waals surface area contributed by atoms with Gasteiger partial charge in [-0.3, -0.25) is 9.59 Å². The predicted molar refractivity (Wildman–Crippen MR) is 114 cm³/mol. The lowest BCUT2D eigenvalue weighted by atomic mass is 9.98. The Morgan fingerprint density at radius 2 is 1.69 bits per heavy atom. The van der Waals surface area contributed by atoms with Crippen LogP contribution in [-0.2, 0) is 9.59 Å². The highest BCUT2D eigenvalue weighted by molar-refractivity contribution is 5.98. The zero-order valence-electron chi connectivity index (χ0n) is 18.2. The molecule has 6 nitrogen and oxygen atoms in total. The quantitative estimate of drug-likeness (QED) is 0.734. The number of fused-ring (bicyclic) bond motifs is 1. The van der Waals surface area contributed by atoms with Gasteiger partial charge in [0.05, 0.1) is 6.61 Å². The Hall–Kier alpha value is -2.76. The van der Waals surface area contributed by atoms with Crippen molar-refractivity contribution in [1.29, 1.82) is 0 Å². The standard InChI is InChI=1S/C23H30N2O4/c1-7-28-22-16(4)23-20(15(3)17(5)29-23)13-19(22)14(2)12-21(27)25-10-8-24(9-11-25)18(6)26/h12-13H,7-11H2,1-6H3/b14-12+. The van der Waals surface area contributed by atoms with Crippen LogP contribution in [0.15, 0.2) is 16.6 Å². The number of carbonyl (C=O) groups is 2. The minimum atomic E-state index is -0.0361. The van der Waals surface area contributed by atoms with Gasteiger partial charge < -0.3 is 19.0 Å². The molecule has 3 rings (SSSR count). The van der Waals surface area contributed by atoms with Crippen molar-refractivity contribution in [1.82, 2.24) is 9.80 Å². The number of rotatable bonds is 4. The van der Waals surface area contributed by atoms with E-state index in [1.807, 2.05) is 34.6 Å². The Bertz CT molecular complexity index is 979. The van der Waals surface area contributed by atoms with Crippen LogP contribution in [0.1, 0.15) is 43.2 Å². The van der Waals surface area contributed by atoms with Gasteiger partial charge in [0.2, 0.25) is 11.8 Å². The van der Waals surface area contributed by atoms with E-state index in [0.29, 0.717) is 32.8 Å². The number of hydrogen-bond acceptors (Lipinski definition) is 4. The summed E-state index contributed by atoms with van der Waals surface area (Å²) in [4.78, 5) is 27.9. The Labute approximate surface area is 172 Å². The third-order valence-corrected chi connectivity index (χ3v) is 5.74. The van der Waals surface area contributed by atoms with Crippen molar-refractivity contribution in [2.75, 3.05) is 32.8 Å². The summed E-state index contributed by atoms with van der Waals surface area (Å²) < 4.78 is 11.9. The fourth-order valence-electron chi connectivity index (χ4n) is 3.83. The average molecular weight is 399 g/mol. The monoisotopic (exact) mass is 398 g/mol. The van der Waals surface area contributed by atoms with Crippen LogP contribution < -0.4 is 4.74 Å². The van der Waals surface area contributed by atoms with Crippen LogP contribution in [0.2, 0.25) is 0 Å². The van der Waals surface area contributed by atoms with E-state index < -0.39 is 0 Å². The van der Waals surface area contributed by atoms with E-state index in [9.17, 15) is 9.59 Å². The molecule has 0 N–H and O–H groups in total. The van der Waals surface area contributed by atoms with Crippen molar-refractivity contribution in [2.45, 2.75) is 41.5 Å². The molecular formula is C23H30N2O4. The van der Waals surface area contributed by atoms with E-state index in [2.05, 4.69) is 6.07 Å². The minimum absolute atomic E-state index is 0.0361. The van der Waals surface area contributed by atoms with Gasteiger partial charge in [0.15, 0.2) is 0 Å². The lowest BCUT2D eigenvalue weighted by molar-refractivity contribution is -0.135. The first-order chi connectivity index (χ1) is 13.7. The molecule has 0 bridgehead atoms. The molecule has 0 unspecified atom stereocenters. The summed E-state index contributed by atoms with van der Waals surface area (Å²) in [6.45, 7) is 14.3. The summed E-state index contributed by atoms with van der Waals surface area (Å²) in [5, 5.41) is 1.05. The molecule has 156 valence electrons. The third-order valence-electron chi connectivity index (χ3n) is 5.74. The van der Waals surface area contributed by atoms with Crippen molar-refractivity contribution in [3.63, 3.8) is 0 Å². The maximum absolute atomic E-state index is 12.8. The first-order valence-electron chi connectivity index (χ1n) is 10.1. The second kappa shape index (κ2) is 8.31. The van der Waals surface area contributed by atoms with E-state index in [1.165, 1.54) is 0 Å². The maximum Gasteiger partial charge on any atom is 0.246 e. The minimum Gasteiger partial charge on any atom is -0.493 e. The maximum atomic E-state index is 12.8. The highest BCUT2D eigenvalue weighted by Gasteiger charge is 2.23. The number of piperazine rings is 1. The molecule has 2 aromatic rings. The molecule has 1 aromatic carbocycles. The van der Waals surface area contributed by atoms with Gasteiger partial charge in [-0.05, 0) is 51.8 Å².